The summed E-state index contributed by atoms with van der Waals surface area (Å²) in [5, 5.41) is 11.3. The van der Waals surface area contributed by atoms with Gasteiger partial charge in [-0.15, -0.1) is 0 Å². The van der Waals surface area contributed by atoms with Crippen LogP contribution in [0.3, 0.4) is 0 Å². The molecule has 0 saturated carbocycles. The Morgan fingerprint density at radius 1 is 0.886 bits per heavy atom. The van der Waals surface area contributed by atoms with Gasteiger partial charge in [0.25, 0.3) is 0 Å². The summed E-state index contributed by atoms with van der Waals surface area (Å²) in [7, 11) is 1.57. The predicted molar refractivity (Wildman–Crippen MR) is 124 cm³/mol. The molecule has 0 radical (unpaired) electrons. The highest BCUT2D eigenvalue weighted by atomic mass is 16.8. The lowest BCUT2D eigenvalue weighted by Gasteiger charge is -2.47. The Kier molecular flexibility index (Phi) is 6.96. The lowest BCUT2D eigenvalue weighted by Crippen LogP contribution is -2.64. The van der Waals surface area contributed by atoms with Crippen molar-refractivity contribution in [2.24, 2.45) is 0 Å². The first-order valence-electron chi connectivity index (χ1n) is 11.3. The van der Waals surface area contributed by atoms with Crippen LogP contribution >= 0.6 is 0 Å². The van der Waals surface area contributed by atoms with E-state index in [2.05, 4.69) is 0 Å². The Hall–Kier alpha value is -3.43. The minimum Gasteiger partial charge on any atom is -0.497 e. The molecular weight excluding hydrogens is 452 g/mol. The van der Waals surface area contributed by atoms with Crippen molar-refractivity contribution in [2.45, 2.75) is 37.0 Å². The molecule has 0 aromatic heterocycles. The monoisotopic (exact) mass is 478 g/mol. The molecule has 182 valence electrons. The second kappa shape index (κ2) is 10.5. The van der Waals surface area contributed by atoms with Gasteiger partial charge < -0.3 is 33.5 Å². The highest BCUT2D eigenvalue weighted by molar-refractivity contribution is 5.89. The molecule has 0 aliphatic carbocycles. The number of fused-ring (bicyclic) bond motifs is 1. The molecule has 8 heteroatoms. The molecule has 2 aliphatic heterocycles. The maximum Gasteiger partial charge on any atom is 0.338 e. The molecule has 2 saturated heterocycles. The maximum atomic E-state index is 12.9. The van der Waals surface area contributed by atoms with Crippen LogP contribution in [0, 0.1) is 0 Å². The number of methoxy groups -OCH3 is 1. The number of aliphatic hydroxyl groups excluding tert-OH is 1. The fraction of sp³-hybridized carbons (Fsp3) is 0.296. The van der Waals surface area contributed by atoms with E-state index < -0.39 is 43.0 Å². The van der Waals surface area contributed by atoms with Gasteiger partial charge in [-0.2, -0.15) is 0 Å². The quantitative estimate of drug-likeness (QED) is 0.539. The third-order valence-electron chi connectivity index (χ3n) is 5.95. The van der Waals surface area contributed by atoms with Crippen LogP contribution in [0.5, 0.6) is 11.5 Å². The smallest absolute Gasteiger partial charge is 0.338 e. The predicted octanol–water partition coefficient (Wildman–Crippen LogP) is 3.50. The van der Waals surface area contributed by atoms with E-state index in [-0.39, 0.29) is 6.61 Å². The molecule has 1 N–H and O–H groups in total. The second-order valence-electron chi connectivity index (χ2n) is 8.24. The maximum absolute atomic E-state index is 12.9. The summed E-state index contributed by atoms with van der Waals surface area (Å²) in [5.41, 5.74) is 1.16. The van der Waals surface area contributed by atoms with Crippen LogP contribution in [0.1, 0.15) is 22.2 Å². The number of carbonyl (C=O) groups excluding carboxylic acids is 1. The Bertz CT molecular complexity index is 1110. The number of hydrogen-bond donors (Lipinski definition) is 1. The van der Waals surface area contributed by atoms with Gasteiger partial charge in [-0.05, 0) is 36.4 Å². The van der Waals surface area contributed by atoms with Crippen LogP contribution in [0.25, 0.3) is 0 Å². The van der Waals surface area contributed by atoms with Gasteiger partial charge in [0.1, 0.15) is 29.8 Å². The van der Waals surface area contributed by atoms with E-state index in [4.69, 9.17) is 28.4 Å². The second-order valence-corrected chi connectivity index (χ2v) is 8.24. The summed E-state index contributed by atoms with van der Waals surface area (Å²) in [4.78, 5) is 12.9. The zero-order valence-electron chi connectivity index (χ0n) is 19.1. The van der Waals surface area contributed by atoms with Crippen LogP contribution in [0.2, 0.25) is 0 Å². The van der Waals surface area contributed by atoms with Gasteiger partial charge >= 0.3 is 5.97 Å². The van der Waals surface area contributed by atoms with E-state index >= 15 is 0 Å². The van der Waals surface area contributed by atoms with Crippen molar-refractivity contribution in [2.75, 3.05) is 13.7 Å². The first kappa shape index (κ1) is 23.3. The molecule has 6 atom stereocenters. The summed E-state index contributed by atoms with van der Waals surface area (Å²) in [6.45, 7) is 0.170. The normalized spacial score (nSPS) is 27.9. The van der Waals surface area contributed by atoms with Gasteiger partial charge in [-0.1, -0.05) is 48.5 Å². The summed E-state index contributed by atoms with van der Waals surface area (Å²) in [6.07, 6.45) is -5.56. The first-order valence-corrected chi connectivity index (χ1v) is 11.3. The minimum atomic E-state index is -1.22. The third-order valence-corrected chi connectivity index (χ3v) is 5.95. The summed E-state index contributed by atoms with van der Waals surface area (Å²) >= 11 is 0. The third kappa shape index (κ3) is 5.16. The number of benzene rings is 3. The molecule has 3 aromatic rings. The molecule has 2 fully saturated rings. The molecule has 3 aromatic carbocycles. The average Bonchev–Trinajstić information content (AvgIpc) is 2.92. The molecule has 5 rings (SSSR count). The molecule has 0 spiro atoms. The van der Waals surface area contributed by atoms with Crippen LogP contribution in [0.15, 0.2) is 84.9 Å². The Labute approximate surface area is 202 Å². The van der Waals surface area contributed by atoms with E-state index in [0.29, 0.717) is 17.1 Å². The number of carbonyl (C=O) groups is 1. The number of hydrogen-bond acceptors (Lipinski definition) is 8. The molecular formula is C27H26O8. The van der Waals surface area contributed by atoms with E-state index in [1.165, 1.54) is 0 Å². The first-order chi connectivity index (χ1) is 17.1. The van der Waals surface area contributed by atoms with Gasteiger partial charge in [-0.3, -0.25) is 0 Å². The molecule has 1 unspecified atom stereocenters. The minimum absolute atomic E-state index is 0.170. The van der Waals surface area contributed by atoms with Crippen molar-refractivity contribution in [3.8, 4) is 11.5 Å². The zero-order valence-corrected chi connectivity index (χ0v) is 19.1. The lowest BCUT2D eigenvalue weighted by molar-refractivity contribution is -0.349. The zero-order chi connectivity index (χ0) is 24.2. The molecule has 2 heterocycles. The topological polar surface area (TPSA) is 92.7 Å². The lowest BCUT2D eigenvalue weighted by atomic mass is 9.97. The highest BCUT2D eigenvalue weighted by Gasteiger charge is 2.52. The molecule has 35 heavy (non-hydrogen) atoms. The Morgan fingerprint density at radius 2 is 1.54 bits per heavy atom. The number of ether oxygens (including phenoxy) is 6. The fourth-order valence-electron chi connectivity index (χ4n) is 4.12. The Balaban J connectivity index is 1.38. The van der Waals surface area contributed by atoms with Gasteiger partial charge in [-0.25, -0.2) is 4.79 Å². The van der Waals surface area contributed by atoms with E-state index in [9.17, 15) is 9.90 Å². The highest BCUT2D eigenvalue weighted by Crippen LogP contribution is 2.36. The fourth-order valence-corrected chi connectivity index (χ4v) is 4.12. The van der Waals surface area contributed by atoms with Gasteiger partial charge in [0.15, 0.2) is 12.4 Å². The van der Waals surface area contributed by atoms with E-state index in [1.54, 1.807) is 61.7 Å². The van der Waals surface area contributed by atoms with E-state index in [0.717, 1.165) is 5.56 Å². The van der Waals surface area contributed by atoms with Crippen molar-refractivity contribution >= 4 is 5.97 Å². The number of esters is 1. The largest absolute Gasteiger partial charge is 0.497 e. The molecule has 0 amide bonds. The summed E-state index contributed by atoms with van der Waals surface area (Å²) in [6, 6.07) is 24.8. The van der Waals surface area contributed by atoms with Crippen LogP contribution in [0.4, 0.5) is 0 Å². The van der Waals surface area contributed by atoms with Crippen molar-refractivity contribution in [3.63, 3.8) is 0 Å². The average molecular weight is 478 g/mol. The number of rotatable bonds is 6. The van der Waals surface area contributed by atoms with E-state index in [1.807, 2.05) is 30.3 Å². The van der Waals surface area contributed by atoms with Gasteiger partial charge in [0.05, 0.1) is 19.3 Å². The summed E-state index contributed by atoms with van der Waals surface area (Å²) in [5.74, 6) is 0.517. The van der Waals surface area contributed by atoms with Gasteiger partial charge in [0.2, 0.25) is 6.29 Å². The van der Waals surface area contributed by atoms with Crippen molar-refractivity contribution in [1.82, 2.24) is 0 Å². The standard InChI is InChI=1S/C27H26O8/c1-30-19-12-14-20(15-13-19)32-27-24(34-25(29)17-8-4-2-5-9-17)22(28)23-21(33-27)16-31-26(35-23)18-10-6-3-7-11-18/h2-15,21-24,26-28H,16H2,1H3/t21-,22+,23-,24+,26?,27+/m1/s1. The van der Waals surface area contributed by atoms with Crippen molar-refractivity contribution < 1.29 is 38.3 Å². The molecule has 0 bridgehead atoms. The van der Waals surface area contributed by atoms with Gasteiger partial charge in [0, 0.05) is 5.56 Å². The number of aliphatic hydroxyl groups is 1. The molecule has 8 nitrogen and oxygen atoms in total. The SMILES string of the molecule is COc1ccc(O[C@H]2O[C@@H]3COC(c4ccccc4)O[C@H]3[C@H](O)[C@@H]2OC(=O)c2ccccc2)cc1. The van der Waals surface area contributed by atoms with Crippen LogP contribution in [-0.4, -0.2) is 55.5 Å². The molecule has 2 aliphatic rings. The van der Waals surface area contributed by atoms with Crippen LogP contribution in [-0.2, 0) is 18.9 Å². The van der Waals surface area contributed by atoms with Crippen molar-refractivity contribution in [3.05, 3.63) is 96.1 Å². The summed E-state index contributed by atoms with van der Waals surface area (Å²) < 4.78 is 35.0. The van der Waals surface area contributed by atoms with Crippen molar-refractivity contribution in [1.29, 1.82) is 0 Å². The Morgan fingerprint density at radius 3 is 2.23 bits per heavy atom. The van der Waals surface area contributed by atoms with Crippen LogP contribution < -0.4 is 9.47 Å².